The molecule has 1 aromatic heterocycles. The summed E-state index contributed by atoms with van der Waals surface area (Å²) in [6.45, 7) is 2.05. The van der Waals surface area contributed by atoms with Crippen LogP contribution >= 0.6 is 11.3 Å². The summed E-state index contributed by atoms with van der Waals surface area (Å²) in [7, 11) is 0. The molecule has 0 spiro atoms. The summed E-state index contributed by atoms with van der Waals surface area (Å²) in [4.78, 5) is 24.7. The number of carbonyl (C=O) groups is 2. The van der Waals surface area contributed by atoms with Crippen LogP contribution in [-0.4, -0.2) is 17.5 Å². The van der Waals surface area contributed by atoms with Crippen molar-refractivity contribution in [1.29, 1.82) is 0 Å². The van der Waals surface area contributed by atoms with Gasteiger partial charge in [-0.2, -0.15) is 5.10 Å². The molecule has 0 saturated heterocycles. The van der Waals surface area contributed by atoms with Crippen LogP contribution in [0.15, 0.2) is 46.9 Å². The Labute approximate surface area is 151 Å². The Bertz CT molecular complexity index is 766. The zero-order valence-electron chi connectivity index (χ0n) is 14.1. The van der Waals surface area contributed by atoms with E-state index < -0.39 is 0 Å². The summed E-state index contributed by atoms with van der Waals surface area (Å²) < 4.78 is 0. The molecule has 0 saturated carbocycles. The Hall–Kier alpha value is -2.47. The molecule has 1 aliphatic rings. The maximum Gasteiger partial charge on any atom is 0.240 e. The lowest BCUT2D eigenvalue weighted by Crippen LogP contribution is -2.30. The molecule has 0 aliphatic carbocycles. The largest absolute Gasteiger partial charge is 0.344 e. The first-order valence-corrected chi connectivity index (χ1v) is 9.23. The molecule has 1 aromatic carbocycles. The average Bonchev–Trinajstić information content (AvgIpc) is 3.14. The van der Waals surface area contributed by atoms with Crippen LogP contribution in [-0.2, 0) is 9.59 Å². The van der Waals surface area contributed by atoms with Crippen molar-refractivity contribution in [2.24, 2.45) is 5.10 Å². The maximum atomic E-state index is 12.4. The van der Waals surface area contributed by atoms with Gasteiger partial charge in [-0.15, -0.1) is 11.3 Å². The van der Waals surface area contributed by atoms with Gasteiger partial charge < -0.3 is 5.32 Å². The highest BCUT2D eigenvalue weighted by Gasteiger charge is 2.19. The van der Waals surface area contributed by atoms with E-state index in [9.17, 15) is 9.59 Å². The third kappa shape index (κ3) is 4.76. The van der Waals surface area contributed by atoms with Crippen molar-refractivity contribution in [1.82, 2.24) is 10.7 Å². The van der Waals surface area contributed by atoms with Crippen LogP contribution in [0.4, 0.5) is 0 Å². The second-order valence-corrected chi connectivity index (χ2v) is 7.12. The number of hydrogen-bond donors (Lipinski definition) is 2. The minimum Gasteiger partial charge on any atom is -0.344 e. The van der Waals surface area contributed by atoms with Crippen molar-refractivity contribution in [3.8, 4) is 0 Å². The van der Waals surface area contributed by atoms with E-state index in [0.29, 0.717) is 25.7 Å². The molecule has 2 N–H and O–H groups in total. The molecule has 130 valence electrons. The van der Waals surface area contributed by atoms with Crippen molar-refractivity contribution < 1.29 is 9.59 Å². The number of benzene rings is 1. The quantitative estimate of drug-likeness (QED) is 0.834. The van der Waals surface area contributed by atoms with E-state index in [1.165, 1.54) is 5.56 Å². The molecule has 0 bridgehead atoms. The number of aryl methyl sites for hydroxylation is 1. The van der Waals surface area contributed by atoms with E-state index in [1.807, 2.05) is 24.4 Å². The standard InChI is InChI=1S/C19H21N3O2S/c1-13-4-6-14(7-5-13)19(16-3-2-12-25-16)20-17(23)10-8-15-9-11-18(24)22-21-15/h2-7,12,19H,8-11H2,1H3,(H,20,23)(H,22,24). The molecule has 3 rings (SSSR count). The molecule has 25 heavy (non-hydrogen) atoms. The van der Waals surface area contributed by atoms with Crippen LogP contribution in [0.3, 0.4) is 0 Å². The lowest BCUT2D eigenvalue weighted by atomic mass is 10.0. The van der Waals surface area contributed by atoms with Crippen LogP contribution in [0.2, 0.25) is 0 Å². The molecule has 1 aliphatic heterocycles. The number of nitrogens with one attached hydrogen (secondary N) is 2. The predicted molar refractivity (Wildman–Crippen MR) is 99.5 cm³/mol. The lowest BCUT2D eigenvalue weighted by Gasteiger charge is -2.19. The fraction of sp³-hybridized carbons (Fsp3) is 0.316. The third-order valence-electron chi connectivity index (χ3n) is 4.16. The summed E-state index contributed by atoms with van der Waals surface area (Å²) in [5.41, 5.74) is 5.61. The predicted octanol–water partition coefficient (Wildman–Crippen LogP) is 3.31. The highest BCUT2D eigenvalue weighted by atomic mass is 32.1. The topological polar surface area (TPSA) is 70.6 Å². The van der Waals surface area contributed by atoms with Crippen molar-refractivity contribution in [3.05, 3.63) is 57.8 Å². The summed E-state index contributed by atoms with van der Waals surface area (Å²) in [6.07, 6.45) is 2.01. The molecule has 0 fully saturated rings. The lowest BCUT2D eigenvalue weighted by molar-refractivity contribution is -0.121. The second kappa shape index (κ2) is 8.07. The second-order valence-electron chi connectivity index (χ2n) is 6.14. The van der Waals surface area contributed by atoms with Crippen LogP contribution < -0.4 is 10.7 Å². The molecule has 2 aromatic rings. The molecular weight excluding hydrogens is 334 g/mol. The van der Waals surface area contributed by atoms with Gasteiger partial charge in [0.05, 0.1) is 6.04 Å². The van der Waals surface area contributed by atoms with E-state index in [2.05, 4.69) is 40.1 Å². The van der Waals surface area contributed by atoms with Gasteiger partial charge in [0.2, 0.25) is 11.8 Å². The molecule has 1 atom stereocenters. The highest BCUT2D eigenvalue weighted by Crippen LogP contribution is 2.26. The van der Waals surface area contributed by atoms with Crippen molar-refractivity contribution in [2.45, 2.75) is 38.6 Å². The molecule has 5 nitrogen and oxygen atoms in total. The first-order valence-electron chi connectivity index (χ1n) is 8.35. The van der Waals surface area contributed by atoms with Gasteiger partial charge in [0.25, 0.3) is 0 Å². The van der Waals surface area contributed by atoms with Gasteiger partial charge in [0.15, 0.2) is 0 Å². The minimum absolute atomic E-state index is 0.0152. The van der Waals surface area contributed by atoms with E-state index in [1.54, 1.807) is 11.3 Å². The first-order chi connectivity index (χ1) is 12.1. The van der Waals surface area contributed by atoms with Gasteiger partial charge in [0, 0.05) is 23.4 Å². The number of nitrogens with zero attached hydrogens (tertiary/aromatic N) is 1. The van der Waals surface area contributed by atoms with Gasteiger partial charge in [0.1, 0.15) is 0 Å². The Kier molecular flexibility index (Phi) is 5.60. The molecular formula is C19H21N3O2S. The van der Waals surface area contributed by atoms with E-state index in [4.69, 9.17) is 0 Å². The van der Waals surface area contributed by atoms with E-state index in [0.717, 1.165) is 16.2 Å². The first kappa shape index (κ1) is 17.4. The van der Waals surface area contributed by atoms with Gasteiger partial charge in [-0.1, -0.05) is 35.9 Å². The van der Waals surface area contributed by atoms with Crippen molar-refractivity contribution >= 4 is 28.9 Å². The zero-order chi connectivity index (χ0) is 17.6. The fourth-order valence-corrected chi connectivity index (χ4v) is 3.52. The Balaban J connectivity index is 1.65. The molecule has 2 amide bonds. The van der Waals surface area contributed by atoms with Crippen LogP contribution in [0, 0.1) is 6.92 Å². The van der Waals surface area contributed by atoms with Gasteiger partial charge in [-0.3, -0.25) is 9.59 Å². The highest BCUT2D eigenvalue weighted by molar-refractivity contribution is 7.10. The van der Waals surface area contributed by atoms with Gasteiger partial charge >= 0.3 is 0 Å². The Morgan fingerprint density at radius 2 is 2.08 bits per heavy atom. The number of hydrogen-bond acceptors (Lipinski definition) is 4. The maximum absolute atomic E-state index is 12.4. The van der Waals surface area contributed by atoms with Crippen molar-refractivity contribution in [3.63, 3.8) is 0 Å². The molecule has 0 radical (unpaired) electrons. The summed E-state index contributed by atoms with van der Waals surface area (Å²) >= 11 is 1.63. The van der Waals surface area contributed by atoms with Gasteiger partial charge in [-0.05, 0) is 36.8 Å². The van der Waals surface area contributed by atoms with Crippen LogP contribution in [0.25, 0.3) is 0 Å². The SMILES string of the molecule is Cc1ccc(C(NC(=O)CCC2=NNC(=O)CC2)c2cccs2)cc1. The van der Waals surface area contributed by atoms with Crippen LogP contribution in [0.5, 0.6) is 0 Å². The van der Waals surface area contributed by atoms with E-state index in [-0.39, 0.29) is 17.9 Å². The number of carbonyl (C=O) groups excluding carboxylic acids is 2. The summed E-state index contributed by atoms with van der Waals surface area (Å²) in [5, 5.41) is 9.17. The third-order valence-corrected chi connectivity index (χ3v) is 5.10. The van der Waals surface area contributed by atoms with Crippen molar-refractivity contribution in [2.75, 3.05) is 0 Å². The normalized spacial score (nSPS) is 15.2. The number of hydrazone groups is 1. The summed E-state index contributed by atoms with van der Waals surface area (Å²) in [5.74, 6) is -0.0797. The Morgan fingerprint density at radius 1 is 1.28 bits per heavy atom. The monoisotopic (exact) mass is 355 g/mol. The fourth-order valence-electron chi connectivity index (χ4n) is 2.72. The molecule has 2 heterocycles. The smallest absolute Gasteiger partial charge is 0.240 e. The molecule has 1 unspecified atom stereocenters. The Morgan fingerprint density at radius 3 is 2.72 bits per heavy atom. The minimum atomic E-state index is -0.138. The zero-order valence-corrected chi connectivity index (χ0v) is 14.9. The number of amides is 2. The van der Waals surface area contributed by atoms with Gasteiger partial charge in [-0.25, -0.2) is 5.43 Å². The van der Waals surface area contributed by atoms with E-state index >= 15 is 0 Å². The number of rotatable bonds is 6. The summed E-state index contributed by atoms with van der Waals surface area (Å²) in [6, 6.07) is 12.1. The number of thiophene rings is 1. The average molecular weight is 355 g/mol. The molecule has 6 heteroatoms. The van der Waals surface area contributed by atoms with Crippen LogP contribution in [0.1, 0.15) is 47.7 Å².